The minimum atomic E-state index is -0.372. The van der Waals surface area contributed by atoms with Gasteiger partial charge in [0.15, 0.2) is 5.82 Å². The van der Waals surface area contributed by atoms with Crippen LogP contribution in [0.25, 0.3) is 5.70 Å². The molecule has 1 aromatic heterocycles. The molecular formula is C10H14N4O2S. The molecule has 0 spiro atoms. The minimum absolute atomic E-state index is 0.176. The Morgan fingerprint density at radius 2 is 2.47 bits per heavy atom. The van der Waals surface area contributed by atoms with Crippen molar-refractivity contribution in [3.63, 3.8) is 0 Å². The van der Waals surface area contributed by atoms with E-state index in [0.717, 1.165) is 5.70 Å². The third-order valence-electron chi connectivity index (χ3n) is 2.42. The van der Waals surface area contributed by atoms with E-state index in [1.54, 1.807) is 19.5 Å². The highest BCUT2D eigenvalue weighted by molar-refractivity contribution is 7.80. The van der Waals surface area contributed by atoms with Crippen molar-refractivity contribution in [1.29, 1.82) is 0 Å². The molecule has 2 rings (SSSR count). The van der Waals surface area contributed by atoms with Crippen molar-refractivity contribution >= 4 is 24.2 Å². The average Bonchev–Trinajstić information content (AvgIpc) is 2.80. The zero-order valence-corrected chi connectivity index (χ0v) is 10.3. The van der Waals surface area contributed by atoms with Crippen LogP contribution >= 0.6 is 12.6 Å². The van der Waals surface area contributed by atoms with E-state index in [4.69, 9.17) is 4.74 Å². The topological polar surface area (TPSA) is 70.2 Å². The summed E-state index contributed by atoms with van der Waals surface area (Å²) in [5.74, 6) is 0.472. The molecule has 0 saturated carbocycles. The second-order valence-electron chi connectivity index (χ2n) is 3.54. The summed E-state index contributed by atoms with van der Waals surface area (Å²) in [6.45, 7) is 1.17. The largest absolute Gasteiger partial charge is 0.383 e. The van der Waals surface area contributed by atoms with Gasteiger partial charge in [0.2, 0.25) is 5.91 Å². The van der Waals surface area contributed by atoms with Crippen LogP contribution in [0, 0.1) is 0 Å². The van der Waals surface area contributed by atoms with Crippen LogP contribution in [0.15, 0.2) is 18.5 Å². The maximum Gasteiger partial charge on any atom is 0.248 e. The Bertz CT molecular complexity index is 418. The second kappa shape index (κ2) is 5.24. The molecule has 7 heteroatoms. The fourth-order valence-corrected chi connectivity index (χ4v) is 1.99. The maximum absolute atomic E-state index is 11.5. The first kappa shape index (κ1) is 12.0. The normalized spacial score (nSPS) is 20.1. The molecule has 17 heavy (non-hydrogen) atoms. The average molecular weight is 254 g/mol. The van der Waals surface area contributed by atoms with Crippen LogP contribution in [-0.2, 0) is 9.53 Å². The minimum Gasteiger partial charge on any atom is -0.383 e. The first-order chi connectivity index (χ1) is 8.22. The van der Waals surface area contributed by atoms with E-state index in [1.807, 2.05) is 4.90 Å². The monoisotopic (exact) mass is 254 g/mol. The van der Waals surface area contributed by atoms with Crippen LogP contribution in [0.4, 0.5) is 0 Å². The van der Waals surface area contributed by atoms with Crippen molar-refractivity contribution in [3.05, 3.63) is 24.3 Å². The summed E-state index contributed by atoms with van der Waals surface area (Å²) in [5.41, 5.74) is 0.346. The lowest BCUT2D eigenvalue weighted by atomic mass is 10.2. The third-order valence-corrected chi connectivity index (χ3v) is 2.83. The van der Waals surface area contributed by atoms with Gasteiger partial charge in [-0.2, -0.15) is 0 Å². The number of aromatic amines is 1. The lowest BCUT2D eigenvalue weighted by Crippen LogP contribution is -2.48. The van der Waals surface area contributed by atoms with Crippen LogP contribution in [-0.4, -0.2) is 46.5 Å². The lowest BCUT2D eigenvalue weighted by Gasteiger charge is -2.34. The summed E-state index contributed by atoms with van der Waals surface area (Å²) in [6, 6.07) is 0. The Morgan fingerprint density at radius 3 is 3.12 bits per heavy atom. The molecule has 1 aromatic rings. The molecule has 1 unspecified atom stereocenters. The number of aromatic nitrogens is 2. The van der Waals surface area contributed by atoms with Gasteiger partial charge in [-0.15, -0.1) is 12.6 Å². The number of nitrogens with one attached hydrogen (secondary N) is 2. The first-order valence-corrected chi connectivity index (χ1v) is 5.69. The quantitative estimate of drug-likeness (QED) is 0.664. The molecular weight excluding hydrogens is 240 g/mol. The number of nitrogens with zero attached hydrogens (tertiary/aromatic N) is 2. The summed E-state index contributed by atoms with van der Waals surface area (Å²) in [6.07, 6.45) is 4.86. The fraction of sp³-hybridized carbons (Fsp3) is 0.400. The Hall–Kier alpha value is -1.47. The Labute approximate surface area is 104 Å². The van der Waals surface area contributed by atoms with Crippen molar-refractivity contribution in [2.75, 3.05) is 20.3 Å². The standard InChI is InChI=1S/C10H14N4O2S/c1-16-5-4-14-7(9-11-2-3-12-9)6-8(15)13-10(14)17/h2-3,6,10,17H,4-5H2,1H3,(H,11,12)(H,13,15). The van der Waals surface area contributed by atoms with Crippen molar-refractivity contribution in [2.45, 2.75) is 5.50 Å². The molecule has 0 aromatic carbocycles. The number of amides is 1. The summed E-state index contributed by atoms with van der Waals surface area (Å²) < 4.78 is 5.04. The van der Waals surface area contributed by atoms with Gasteiger partial charge in [-0.25, -0.2) is 4.98 Å². The highest BCUT2D eigenvalue weighted by Crippen LogP contribution is 2.22. The number of ether oxygens (including phenoxy) is 1. The number of imidazole rings is 1. The fourth-order valence-electron chi connectivity index (χ4n) is 1.63. The van der Waals surface area contributed by atoms with Crippen molar-refractivity contribution in [1.82, 2.24) is 20.2 Å². The van der Waals surface area contributed by atoms with Gasteiger partial charge < -0.3 is 19.9 Å². The second-order valence-corrected chi connectivity index (χ2v) is 4.02. The Kier molecular flexibility index (Phi) is 3.70. The molecule has 0 radical (unpaired) electrons. The highest BCUT2D eigenvalue weighted by atomic mass is 32.1. The molecule has 1 amide bonds. The molecule has 1 aliphatic rings. The van der Waals surface area contributed by atoms with Gasteiger partial charge in [0.25, 0.3) is 0 Å². The Morgan fingerprint density at radius 1 is 1.65 bits per heavy atom. The molecule has 0 saturated heterocycles. The molecule has 0 bridgehead atoms. The van der Waals surface area contributed by atoms with Crippen molar-refractivity contribution in [2.24, 2.45) is 0 Å². The summed E-state index contributed by atoms with van der Waals surface area (Å²) in [5, 5.41) is 2.71. The van der Waals surface area contributed by atoms with Gasteiger partial charge in [-0.05, 0) is 0 Å². The van der Waals surface area contributed by atoms with Crippen LogP contribution in [0.3, 0.4) is 0 Å². The van der Waals surface area contributed by atoms with E-state index >= 15 is 0 Å². The molecule has 2 heterocycles. The number of rotatable bonds is 4. The zero-order chi connectivity index (χ0) is 12.3. The zero-order valence-electron chi connectivity index (χ0n) is 9.38. The number of hydrogen-bond acceptors (Lipinski definition) is 5. The first-order valence-electron chi connectivity index (χ1n) is 5.18. The van der Waals surface area contributed by atoms with E-state index in [0.29, 0.717) is 19.0 Å². The smallest absolute Gasteiger partial charge is 0.248 e. The number of carbonyl (C=O) groups excluding carboxylic acids is 1. The predicted octanol–water partition coefficient (Wildman–Crippen LogP) is 0.0422. The van der Waals surface area contributed by atoms with Crippen LogP contribution in [0.5, 0.6) is 0 Å². The van der Waals surface area contributed by atoms with Gasteiger partial charge in [0.1, 0.15) is 5.50 Å². The number of carbonyl (C=O) groups is 1. The summed E-state index contributed by atoms with van der Waals surface area (Å²) >= 11 is 4.33. The van der Waals surface area contributed by atoms with Gasteiger partial charge in [-0.3, -0.25) is 4.79 Å². The Balaban J connectivity index is 2.26. The van der Waals surface area contributed by atoms with E-state index in [-0.39, 0.29) is 11.4 Å². The summed E-state index contributed by atoms with van der Waals surface area (Å²) in [7, 11) is 1.63. The molecule has 0 aliphatic carbocycles. The number of thiol groups is 1. The molecule has 0 fully saturated rings. The van der Waals surface area contributed by atoms with E-state index < -0.39 is 0 Å². The molecule has 6 nitrogen and oxygen atoms in total. The van der Waals surface area contributed by atoms with Crippen LogP contribution < -0.4 is 5.32 Å². The third kappa shape index (κ3) is 2.62. The van der Waals surface area contributed by atoms with Gasteiger partial charge in [-0.1, -0.05) is 0 Å². The molecule has 2 N–H and O–H groups in total. The summed E-state index contributed by atoms with van der Waals surface area (Å²) in [4.78, 5) is 20.5. The van der Waals surface area contributed by atoms with Crippen molar-refractivity contribution in [3.8, 4) is 0 Å². The van der Waals surface area contributed by atoms with Crippen LogP contribution in [0.2, 0.25) is 0 Å². The molecule has 92 valence electrons. The SMILES string of the molecule is COCCN1C(c2ncc[nH]2)=CC(=O)NC1S. The van der Waals surface area contributed by atoms with E-state index in [9.17, 15) is 4.79 Å². The highest BCUT2D eigenvalue weighted by Gasteiger charge is 2.26. The molecule has 1 aliphatic heterocycles. The van der Waals surface area contributed by atoms with Crippen LogP contribution in [0.1, 0.15) is 5.82 Å². The van der Waals surface area contributed by atoms with Gasteiger partial charge >= 0.3 is 0 Å². The van der Waals surface area contributed by atoms with Gasteiger partial charge in [0.05, 0.1) is 12.3 Å². The molecule has 1 atom stereocenters. The number of hydrogen-bond donors (Lipinski definition) is 3. The predicted molar refractivity (Wildman–Crippen MR) is 66.1 cm³/mol. The van der Waals surface area contributed by atoms with Crippen molar-refractivity contribution < 1.29 is 9.53 Å². The lowest BCUT2D eigenvalue weighted by molar-refractivity contribution is -0.117. The van der Waals surface area contributed by atoms with E-state index in [2.05, 4.69) is 27.9 Å². The van der Waals surface area contributed by atoms with E-state index in [1.165, 1.54) is 6.08 Å². The number of methoxy groups -OCH3 is 1. The van der Waals surface area contributed by atoms with Gasteiger partial charge in [0, 0.05) is 32.1 Å². The maximum atomic E-state index is 11.5. The number of H-pyrrole nitrogens is 1.